The molecule has 1 aliphatic heterocycles. The lowest BCUT2D eigenvalue weighted by Gasteiger charge is -2.09. The molecule has 0 spiro atoms. The summed E-state index contributed by atoms with van der Waals surface area (Å²) >= 11 is 0. The Morgan fingerprint density at radius 1 is 1.14 bits per heavy atom. The van der Waals surface area contributed by atoms with Crippen molar-refractivity contribution in [2.75, 3.05) is 0 Å². The molecule has 0 aromatic heterocycles. The van der Waals surface area contributed by atoms with Crippen LogP contribution in [-0.2, 0) is 6.42 Å². The third kappa shape index (κ3) is 2.30. The number of rotatable bonds is 0. The van der Waals surface area contributed by atoms with Gasteiger partial charge >= 0.3 is 0 Å². The monoisotopic (exact) mass is 280 g/mol. The van der Waals surface area contributed by atoms with Crippen molar-refractivity contribution in [3.63, 3.8) is 0 Å². The molecular formula is C17H12O4. The summed E-state index contributed by atoms with van der Waals surface area (Å²) in [7, 11) is 0. The van der Waals surface area contributed by atoms with Crippen molar-refractivity contribution in [1.82, 2.24) is 0 Å². The highest BCUT2D eigenvalue weighted by Crippen LogP contribution is 2.40. The molecule has 0 aliphatic carbocycles. The van der Waals surface area contributed by atoms with E-state index in [0.717, 1.165) is 11.6 Å². The lowest BCUT2D eigenvalue weighted by atomic mass is 10.0. The van der Waals surface area contributed by atoms with Crippen molar-refractivity contribution in [2.24, 2.45) is 0 Å². The third-order valence-corrected chi connectivity index (χ3v) is 3.25. The number of carbonyl (C=O) groups is 1. The Kier molecular flexibility index (Phi) is 3.03. The standard InChI is InChI=1S/C17H12O4/c1-2-3-10-4-5-15-11(6-10)7-13(19)17-14(20)8-12(18)9-16(17)21-15/h4-6,8-9,18,20H,7H2,1H3. The van der Waals surface area contributed by atoms with Gasteiger partial charge in [-0.05, 0) is 25.1 Å². The maximum Gasteiger partial charge on any atom is 0.174 e. The number of ketones is 1. The molecule has 0 radical (unpaired) electrons. The molecule has 2 aromatic rings. The summed E-state index contributed by atoms with van der Waals surface area (Å²) in [5.41, 5.74) is 1.59. The SMILES string of the molecule is CC#Cc1ccc2c(c1)CC(=O)c1c(O)cc(O)cc1O2. The van der Waals surface area contributed by atoms with Crippen molar-refractivity contribution in [1.29, 1.82) is 0 Å². The van der Waals surface area contributed by atoms with Gasteiger partial charge < -0.3 is 14.9 Å². The van der Waals surface area contributed by atoms with Gasteiger partial charge in [0, 0.05) is 29.7 Å². The molecule has 21 heavy (non-hydrogen) atoms. The molecule has 4 heteroatoms. The second kappa shape index (κ2) is 4.88. The first kappa shape index (κ1) is 13.1. The summed E-state index contributed by atoms with van der Waals surface area (Å²) in [5, 5.41) is 19.4. The topological polar surface area (TPSA) is 66.8 Å². The summed E-state index contributed by atoms with van der Waals surface area (Å²) in [6.07, 6.45) is 0.111. The smallest absolute Gasteiger partial charge is 0.174 e. The van der Waals surface area contributed by atoms with Gasteiger partial charge in [-0.1, -0.05) is 5.92 Å². The molecular weight excluding hydrogens is 268 g/mol. The van der Waals surface area contributed by atoms with Crippen LogP contribution in [0.4, 0.5) is 0 Å². The fourth-order valence-electron chi connectivity index (χ4n) is 2.37. The average molecular weight is 280 g/mol. The molecule has 0 atom stereocenters. The van der Waals surface area contributed by atoms with Gasteiger partial charge in [0.05, 0.1) is 0 Å². The zero-order chi connectivity index (χ0) is 15.0. The number of Topliss-reactive ketones (excluding diaryl/α,β-unsaturated/α-hetero) is 1. The Hall–Kier alpha value is -2.93. The summed E-state index contributed by atoms with van der Waals surface area (Å²) in [6, 6.07) is 7.78. The molecule has 0 amide bonds. The van der Waals surface area contributed by atoms with E-state index in [4.69, 9.17) is 4.74 Å². The molecule has 0 fully saturated rings. The Labute approximate surface area is 121 Å². The normalized spacial score (nSPS) is 12.3. The summed E-state index contributed by atoms with van der Waals surface area (Å²) in [4.78, 5) is 12.3. The second-order valence-corrected chi connectivity index (χ2v) is 4.74. The van der Waals surface area contributed by atoms with Gasteiger partial charge in [0.15, 0.2) is 5.78 Å². The number of benzene rings is 2. The fourth-order valence-corrected chi connectivity index (χ4v) is 2.37. The largest absolute Gasteiger partial charge is 0.508 e. The van der Waals surface area contributed by atoms with E-state index in [1.54, 1.807) is 25.1 Å². The first-order valence-corrected chi connectivity index (χ1v) is 6.41. The van der Waals surface area contributed by atoms with Gasteiger partial charge in [0.2, 0.25) is 0 Å². The fraction of sp³-hybridized carbons (Fsp3) is 0.118. The summed E-state index contributed by atoms with van der Waals surface area (Å²) in [5.74, 6) is 5.71. The minimum Gasteiger partial charge on any atom is -0.508 e. The van der Waals surface area contributed by atoms with Crippen LogP contribution < -0.4 is 4.74 Å². The van der Waals surface area contributed by atoms with Crippen molar-refractivity contribution in [3.05, 3.63) is 47.0 Å². The predicted octanol–water partition coefficient (Wildman–Crippen LogP) is 3.00. The molecule has 1 heterocycles. The highest BCUT2D eigenvalue weighted by molar-refractivity contribution is 6.03. The molecule has 2 N–H and O–H groups in total. The number of aromatic hydroxyl groups is 2. The number of hydrogen-bond acceptors (Lipinski definition) is 4. The van der Waals surface area contributed by atoms with Gasteiger partial charge in [-0.15, -0.1) is 5.92 Å². The highest BCUT2D eigenvalue weighted by atomic mass is 16.5. The minimum atomic E-state index is -0.281. The maximum absolute atomic E-state index is 12.3. The number of phenols is 2. The summed E-state index contributed by atoms with van der Waals surface area (Å²) < 4.78 is 5.68. The number of carbonyl (C=O) groups excluding carboxylic acids is 1. The van der Waals surface area contributed by atoms with Crippen LogP contribution in [0.15, 0.2) is 30.3 Å². The van der Waals surface area contributed by atoms with E-state index >= 15 is 0 Å². The highest BCUT2D eigenvalue weighted by Gasteiger charge is 2.25. The molecule has 4 nitrogen and oxygen atoms in total. The second-order valence-electron chi connectivity index (χ2n) is 4.74. The van der Waals surface area contributed by atoms with E-state index in [-0.39, 0.29) is 35.0 Å². The number of fused-ring (bicyclic) bond motifs is 2. The van der Waals surface area contributed by atoms with Crippen molar-refractivity contribution in [2.45, 2.75) is 13.3 Å². The Morgan fingerprint density at radius 3 is 2.71 bits per heavy atom. The zero-order valence-corrected chi connectivity index (χ0v) is 11.3. The lowest BCUT2D eigenvalue weighted by Crippen LogP contribution is -2.02. The van der Waals surface area contributed by atoms with Crippen LogP contribution >= 0.6 is 0 Å². The van der Waals surface area contributed by atoms with Gasteiger partial charge in [-0.3, -0.25) is 4.79 Å². The van der Waals surface area contributed by atoms with E-state index in [1.165, 1.54) is 6.07 Å². The summed E-state index contributed by atoms with van der Waals surface area (Å²) in [6.45, 7) is 1.74. The Morgan fingerprint density at radius 2 is 1.95 bits per heavy atom. The zero-order valence-electron chi connectivity index (χ0n) is 11.3. The number of phenolic OH excluding ortho intramolecular Hbond substituents is 2. The molecule has 0 saturated heterocycles. The van der Waals surface area contributed by atoms with Crippen LogP contribution in [-0.4, -0.2) is 16.0 Å². The van der Waals surface area contributed by atoms with Crippen LogP contribution in [0.2, 0.25) is 0 Å². The first-order chi connectivity index (χ1) is 10.1. The lowest BCUT2D eigenvalue weighted by molar-refractivity contribution is 0.0991. The van der Waals surface area contributed by atoms with Crippen LogP contribution in [0.5, 0.6) is 23.0 Å². The molecule has 0 saturated carbocycles. The first-order valence-electron chi connectivity index (χ1n) is 6.41. The van der Waals surface area contributed by atoms with Gasteiger partial charge in [0.1, 0.15) is 28.6 Å². The van der Waals surface area contributed by atoms with E-state index in [9.17, 15) is 15.0 Å². The molecule has 3 rings (SSSR count). The van der Waals surface area contributed by atoms with E-state index in [2.05, 4.69) is 11.8 Å². The third-order valence-electron chi connectivity index (χ3n) is 3.25. The van der Waals surface area contributed by atoms with Crippen molar-refractivity contribution in [3.8, 4) is 34.8 Å². The minimum absolute atomic E-state index is 0.0899. The number of ether oxygens (including phenoxy) is 1. The number of hydrogen-bond donors (Lipinski definition) is 2. The predicted molar refractivity (Wildman–Crippen MR) is 76.9 cm³/mol. The van der Waals surface area contributed by atoms with Crippen LogP contribution in [0.1, 0.15) is 28.4 Å². The van der Waals surface area contributed by atoms with Gasteiger partial charge in [-0.2, -0.15) is 0 Å². The van der Waals surface area contributed by atoms with E-state index in [1.807, 2.05) is 0 Å². The van der Waals surface area contributed by atoms with Crippen LogP contribution in [0.3, 0.4) is 0 Å². The van der Waals surface area contributed by atoms with E-state index in [0.29, 0.717) is 11.3 Å². The average Bonchev–Trinajstić information content (AvgIpc) is 2.54. The van der Waals surface area contributed by atoms with Crippen molar-refractivity contribution >= 4 is 5.78 Å². The molecule has 2 aromatic carbocycles. The van der Waals surface area contributed by atoms with E-state index < -0.39 is 0 Å². The van der Waals surface area contributed by atoms with Gasteiger partial charge in [-0.25, -0.2) is 0 Å². The van der Waals surface area contributed by atoms with Crippen LogP contribution in [0.25, 0.3) is 0 Å². The quantitative estimate of drug-likeness (QED) is 0.728. The van der Waals surface area contributed by atoms with Crippen LogP contribution in [0, 0.1) is 11.8 Å². The molecule has 0 bridgehead atoms. The van der Waals surface area contributed by atoms with Crippen molar-refractivity contribution < 1.29 is 19.7 Å². The van der Waals surface area contributed by atoms with Gasteiger partial charge in [0.25, 0.3) is 0 Å². The maximum atomic E-state index is 12.3. The molecule has 0 unspecified atom stereocenters. The molecule has 104 valence electrons. The Balaban J connectivity index is 2.15. The Bertz CT molecular complexity index is 810. The molecule has 1 aliphatic rings.